The van der Waals surface area contributed by atoms with Gasteiger partial charge in [-0.3, -0.25) is 0 Å². The first-order chi connectivity index (χ1) is 8.11. The average molecular weight is 262 g/mol. The van der Waals surface area contributed by atoms with Crippen LogP contribution in [-0.4, -0.2) is 29.1 Å². The molecule has 0 fully saturated rings. The smallest absolute Gasteiger partial charge is 0.405 e. The predicted molar refractivity (Wildman–Crippen MR) is 59.9 cm³/mol. The van der Waals surface area contributed by atoms with Crippen LogP contribution < -0.4 is 0 Å². The van der Waals surface area contributed by atoms with Crippen molar-refractivity contribution < 1.29 is 33.9 Å². The predicted octanol–water partition coefficient (Wildman–Crippen LogP) is 1.65. The maximum absolute atomic E-state index is 11.3. The summed E-state index contributed by atoms with van der Waals surface area (Å²) in [6.45, 7) is 7.84. The quantitative estimate of drug-likeness (QED) is 0.157. The van der Waals surface area contributed by atoms with E-state index in [4.69, 9.17) is 9.99 Å². The van der Waals surface area contributed by atoms with Crippen molar-refractivity contribution >= 4 is 12.1 Å². The minimum absolute atomic E-state index is 0.00166. The fraction of sp³-hybridized carbons (Fsp3) is 0.636. The Hall–Kier alpha value is -1.60. The van der Waals surface area contributed by atoms with Gasteiger partial charge >= 0.3 is 12.1 Å². The topological polar surface area (TPSA) is 91.3 Å². The Bertz CT molecular complexity index is 325. The van der Waals surface area contributed by atoms with Crippen molar-refractivity contribution in [1.29, 1.82) is 0 Å². The van der Waals surface area contributed by atoms with Crippen molar-refractivity contribution in [2.24, 2.45) is 0 Å². The minimum atomic E-state index is -1.35. The average Bonchev–Trinajstić information content (AvgIpc) is 2.13. The Labute approximate surface area is 105 Å². The molecule has 0 amide bonds. The Morgan fingerprint density at radius 1 is 1.28 bits per heavy atom. The second-order valence-electron chi connectivity index (χ2n) is 4.45. The van der Waals surface area contributed by atoms with Gasteiger partial charge in [0.15, 0.2) is 0 Å². The summed E-state index contributed by atoms with van der Waals surface area (Å²) in [5, 5.41) is 8.71. The summed E-state index contributed by atoms with van der Waals surface area (Å²) < 4.78 is 8.45. The summed E-state index contributed by atoms with van der Waals surface area (Å²) >= 11 is 0. The van der Waals surface area contributed by atoms with E-state index in [0.717, 1.165) is 6.26 Å². The number of ether oxygens (including phenoxy) is 2. The van der Waals surface area contributed by atoms with Crippen LogP contribution in [0.25, 0.3) is 0 Å². The van der Waals surface area contributed by atoms with Crippen LogP contribution in [0.1, 0.15) is 34.6 Å². The third kappa shape index (κ3) is 8.54. The van der Waals surface area contributed by atoms with Crippen LogP contribution in [0.2, 0.25) is 0 Å². The van der Waals surface area contributed by atoms with Gasteiger partial charge in [0.25, 0.3) is 0 Å². The van der Waals surface area contributed by atoms with Gasteiger partial charge in [-0.05, 0) is 34.6 Å². The van der Waals surface area contributed by atoms with E-state index in [1.807, 2.05) is 0 Å². The van der Waals surface area contributed by atoms with Crippen molar-refractivity contribution in [3.05, 3.63) is 11.8 Å². The molecule has 0 aromatic rings. The molecule has 0 heterocycles. The summed E-state index contributed by atoms with van der Waals surface area (Å²) in [5.74, 6) is -0.960. The van der Waals surface area contributed by atoms with Gasteiger partial charge in [0.1, 0.15) is 11.9 Å². The van der Waals surface area contributed by atoms with Crippen molar-refractivity contribution in [2.45, 2.75) is 46.5 Å². The second kappa shape index (κ2) is 6.97. The monoisotopic (exact) mass is 262 g/mol. The Morgan fingerprint density at radius 3 is 2.28 bits per heavy atom. The number of aliphatic hydroxyl groups excluding tert-OH is 1. The number of carbonyl (C=O) groups excluding carboxylic acids is 2. The molecule has 18 heavy (non-hydrogen) atoms. The van der Waals surface area contributed by atoms with Gasteiger partial charge in [0.05, 0.1) is 5.57 Å². The van der Waals surface area contributed by atoms with E-state index in [1.165, 1.54) is 13.8 Å². The van der Waals surface area contributed by atoms with Crippen LogP contribution in [-0.2, 0) is 24.0 Å². The van der Waals surface area contributed by atoms with Crippen LogP contribution >= 0.6 is 0 Å². The summed E-state index contributed by atoms with van der Waals surface area (Å²) in [6.07, 6.45) is -1.64. The van der Waals surface area contributed by atoms with E-state index in [-0.39, 0.29) is 5.57 Å². The van der Waals surface area contributed by atoms with Gasteiger partial charge in [-0.1, -0.05) is 0 Å². The largest absolute Gasteiger partial charge is 0.518 e. The zero-order valence-corrected chi connectivity index (χ0v) is 11.1. The third-order valence-electron chi connectivity index (χ3n) is 1.29. The molecule has 0 aliphatic rings. The molecule has 1 atom stereocenters. The molecule has 0 saturated carbocycles. The van der Waals surface area contributed by atoms with Gasteiger partial charge in [-0.15, -0.1) is 0 Å². The molecular weight excluding hydrogens is 244 g/mol. The third-order valence-corrected chi connectivity index (χ3v) is 1.29. The van der Waals surface area contributed by atoms with Gasteiger partial charge < -0.3 is 19.5 Å². The molecule has 7 heteroatoms. The van der Waals surface area contributed by atoms with Crippen LogP contribution in [0.3, 0.4) is 0 Å². The van der Waals surface area contributed by atoms with Gasteiger partial charge in [0, 0.05) is 0 Å². The number of aliphatic hydroxyl groups is 1. The highest BCUT2D eigenvalue weighted by atomic mass is 17.2. The summed E-state index contributed by atoms with van der Waals surface area (Å²) in [6, 6.07) is 0. The molecule has 0 bridgehead atoms. The lowest BCUT2D eigenvalue weighted by Crippen LogP contribution is -2.20. The Balaban J connectivity index is 4.17. The first-order valence-electron chi connectivity index (χ1n) is 5.24. The fourth-order valence-corrected chi connectivity index (χ4v) is 0.608. The van der Waals surface area contributed by atoms with Crippen molar-refractivity contribution in [3.8, 4) is 0 Å². The second-order valence-corrected chi connectivity index (χ2v) is 4.45. The van der Waals surface area contributed by atoms with E-state index in [1.54, 1.807) is 20.8 Å². The van der Waals surface area contributed by atoms with Crippen LogP contribution in [0.4, 0.5) is 4.79 Å². The normalized spacial score (nSPS) is 13.8. The summed E-state index contributed by atoms with van der Waals surface area (Å²) in [7, 11) is 0. The van der Waals surface area contributed by atoms with Gasteiger partial charge in [0.2, 0.25) is 6.29 Å². The van der Waals surface area contributed by atoms with Crippen LogP contribution in [0.5, 0.6) is 0 Å². The molecule has 1 unspecified atom stereocenters. The van der Waals surface area contributed by atoms with E-state index in [2.05, 4.69) is 14.4 Å². The molecule has 0 spiro atoms. The first kappa shape index (κ1) is 16.4. The highest BCUT2D eigenvalue weighted by molar-refractivity contribution is 5.93. The molecule has 0 radical (unpaired) electrons. The molecule has 0 rings (SSSR count). The molecule has 0 aromatic heterocycles. The molecule has 104 valence electrons. The fourth-order valence-electron chi connectivity index (χ4n) is 0.608. The molecule has 0 aliphatic carbocycles. The standard InChI is InChI=1S/C11H18O7/c1-7(6-15-18-11(3,4)5)9(13)17-10(14)16-8(2)12/h6,8,12H,1-5H3/b7-6+. The van der Waals surface area contributed by atoms with Gasteiger partial charge in [-0.2, -0.15) is 4.89 Å². The maximum atomic E-state index is 11.3. The van der Waals surface area contributed by atoms with E-state index < -0.39 is 24.0 Å². The maximum Gasteiger partial charge on any atom is 0.518 e. The number of hydrogen-bond donors (Lipinski definition) is 1. The SMILES string of the molecule is C/C(=C\OOC(C)(C)C)C(=O)OC(=O)OC(C)O. The van der Waals surface area contributed by atoms with E-state index in [9.17, 15) is 9.59 Å². The lowest BCUT2D eigenvalue weighted by atomic mass is 10.2. The van der Waals surface area contributed by atoms with Gasteiger partial charge in [-0.25, -0.2) is 9.59 Å². The number of rotatable bonds is 4. The highest BCUT2D eigenvalue weighted by Gasteiger charge is 2.16. The zero-order valence-electron chi connectivity index (χ0n) is 11.1. The van der Waals surface area contributed by atoms with E-state index >= 15 is 0 Å². The van der Waals surface area contributed by atoms with E-state index in [0.29, 0.717) is 0 Å². The molecule has 0 aliphatic heterocycles. The number of hydrogen-bond acceptors (Lipinski definition) is 7. The van der Waals surface area contributed by atoms with Crippen LogP contribution in [0, 0.1) is 0 Å². The van der Waals surface area contributed by atoms with Crippen molar-refractivity contribution in [3.63, 3.8) is 0 Å². The Kier molecular flexibility index (Phi) is 6.35. The first-order valence-corrected chi connectivity index (χ1v) is 5.24. The lowest BCUT2D eigenvalue weighted by Gasteiger charge is -2.15. The lowest BCUT2D eigenvalue weighted by molar-refractivity contribution is -0.310. The molecule has 7 nitrogen and oxygen atoms in total. The van der Waals surface area contributed by atoms with Crippen molar-refractivity contribution in [1.82, 2.24) is 0 Å². The molecule has 1 N–H and O–H groups in total. The number of esters is 1. The van der Waals surface area contributed by atoms with Crippen LogP contribution in [0.15, 0.2) is 11.8 Å². The Morgan fingerprint density at radius 2 is 1.83 bits per heavy atom. The molecule has 0 saturated heterocycles. The minimum Gasteiger partial charge on any atom is -0.405 e. The van der Waals surface area contributed by atoms with Crippen molar-refractivity contribution in [2.75, 3.05) is 0 Å². The molecule has 0 aromatic carbocycles. The summed E-state index contributed by atoms with van der Waals surface area (Å²) in [5.41, 5.74) is -0.534. The molecular formula is C11H18O7. The number of carbonyl (C=O) groups is 2. The summed E-state index contributed by atoms with van der Waals surface area (Å²) in [4.78, 5) is 31.7. The highest BCUT2D eigenvalue weighted by Crippen LogP contribution is 2.08. The zero-order chi connectivity index (χ0) is 14.3.